The topological polar surface area (TPSA) is 122 Å². The molecule has 0 spiro atoms. The predicted octanol–water partition coefficient (Wildman–Crippen LogP) is 3.97. The zero-order valence-electron chi connectivity index (χ0n) is 17.5. The summed E-state index contributed by atoms with van der Waals surface area (Å²) in [6, 6.07) is 12.1. The Labute approximate surface area is 184 Å². The van der Waals surface area contributed by atoms with E-state index >= 15 is 0 Å². The Balaban J connectivity index is 1.67. The molecule has 0 saturated carbocycles. The molecular formula is C24H21N7O. The first-order valence-electron chi connectivity index (χ1n) is 10.5. The SMILES string of the molecule is Cc1cc(-c2ncco2)nc2c1nc(-c1cccnc1N)n2-c1ccc2c(c1)CC[C@@H]2N. The summed E-state index contributed by atoms with van der Waals surface area (Å²) >= 11 is 0. The molecule has 1 aromatic carbocycles. The fourth-order valence-corrected chi connectivity index (χ4v) is 4.47. The van der Waals surface area contributed by atoms with Crippen LogP contribution in [0.2, 0.25) is 0 Å². The van der Waals surface area contributed by atoms with Crippen LogP contribution in [0.25, 0.3) is 39.8 Å². The summed E-state index contributed by atoms with van der Waals surface area (Å²) in [7, 11) is 0. The fourth-order valence-electron chi connectivity index (χ4n) is 4.47. The number of rotatable bonds is 3. The van der Waals surface area contributed by atoms with E-state index in [1.165, 1.54) is 11.1 Å². The van der Waals surface area contributed by atoms with Gasteiger partial charge in [0.1, 0.15) is 23.3 Å². The standard InChI is InChI=1S/C24H21N7O/c1-13-11-19(24-28-9-10-32-24)29-23-20(13)30-22(17-3-2-8-27-21(17)26)31(23)15-5-6-16-14(12-15)4-7-18(16)25/h2-3,5-6,8-12,18H,4,7,25H2,1H3,(H2,26,27)/t18-/m0/s1. The van der Waals surface area contributed by atoms with Gasteiger partial charge in [0, 0.05) is 17.9 Å². The molecule has 6 rings (SSSR count). The summed E-state index contributed by atoms with van der Waals surface area (Å²) in [6.07, 6.45) is 6.73. The number of fused-ring (bicyclic) bond motifs is 2. The number of pyridine rings is 2. The lowest BCUT2D eigenvalue weighted by atomic mass is 10.1. The van der Waals surface area contributed by atoms with Crippen LogP contribution in [-0.4, -0.2) is 24.5 Å². The van der Waals surface area contributed by atoms with Crippen LogP contribution < -0.4 is 11.5 Å². The Kier molecular flexibility index (Phi) is 4.09. The molecule has 0 unspecified atom stereocenters. The lowest BCUT2D eigenvalue weighted by Gasteiger charge is -2.13. The Morgan fingerprint density at radius 3 is 2.81 bits per heavy atom. The smallest absolute Gasteiger partial charge is 0.245 e. The Morgan fingerprint density at radius 2 is 2.00 bits per heavy atom. The number of aromatic nitrogens is 5. The highest BCUT2D eigenvalue weighted by Gasteiger charge is 2.24. The molecule has 0 aliphatic heterocycles. The van der Waals surface area contributed by atoms with Crippen molar-refractivity contribution in [3.8, 4) is 28.7 Å². The maximum absolute atomic E-state index is 6.27. The quantitative estimate of drug-likeness (QED) is 0.450. The molecule has 158 valence electrons. The molecule has 0 bridgehead atoms. The minimum atomic E-state index is 0.0871. The van der Waals surface area contributed by atoms with E-state index in [0.717, 1.165) is 35.2 Å². The van der Waals surface area contributed by atoms with Crippen molar-refractivity contribution in [1.82, 2.24) is 24.5 Å². The summed E-state index contributed by atoms with van der Waals surface area (Å²) in [5, 5.41) is 0. The van der Waals surface area contributed by atoms with E-state index in [1.54, 1.807) is 18.7 Å². The molecular weight excluding hydrogens is 402 g/mol. The van der Waals surface area contributed by atoms with Crippen molar-refractivity contribution in [2.75, 3.05) is 5.73 Å². The van der Waals surface area contributed by atoms with E-state index in [1.807, 2.05) is 29.7 Å². The highest BCUT2D eigenvalue weighted by atomic mass is 16.3. The zero-order valence-corrected chi connectivity index (χ0v) is 17.5. The monoisotopic (exact) mass is 423 g/mol. The number of aryl methyl sites for hydroxylation is 2. The number of anilines is 1. The van der Waals surface area contributed by atoms with Gasteiger partial charge in [0.25, 0.3) is 0 Å². The van der Waals surface area contributed by atoms with Crippen LogP contribution in [0, 0.1) is 6.92 Å². The van der Waals surface area contributed by atoms with Gasteiger partial charge in [0.15, 0.2) is 11.5 Å². The second kappa shape index (κ2) is 7.00. The first-order valence-corrected chi connectivity index (χ1v) is 10.5. The lowest BCUT2D eigenvalue weighted by Crippen LogP contribution is -2.06. The lowest BCUT2D eigenvalue weighted by molar-refractivity contribution is 0.572. The van der Waals surface area contributed by atoms with Gasteiger partial charge < -0.3 is 15.9 Å². The summed E-state index contributed by atoms with van der Waals surface area (Å²) in [6.45, 7) is 2.01. The number of hydrogen-bond donors (Lipinski definition) is 2. The summed E-state index contributed by atoms with van der Waals surface area (Å²) in [5.41, 5.74) is 19.8. The number of benzene rings is 1. The van der Waals surface area contributed by atoms with Crippen LogP contribution in [0.3, 0.4) is 0 Å². The maximum atomic E-state index is 6.27. The Morgan fingerprint density at radius 1 is 1.09 bits per heavy atom. The minimum absolute atomic E-state index is 0.0871. The van der Waals surface area contributed by atoms with E-state index in [2.05, 4.69) is 28.2 Å². The molecule has 4 N–H and O–H groups in total. The summed E-state index contributed by atoms with van der Waals surface area (Å²) < 4.78 is 7.54. The average Bonchev–Trinajstić information content (AvgIpc) is 3.53. The summed E-state index contributed by atoms with van der Waals surface area (Å²) in [4.78, 5) is 18.4. The van der Waals surface area contributed by atoms with Gasteiger partial charge in [0.05, 0.1) is 11.8 Å². The number of hydrogen-bond acceptors (Lipinski definition) is 7. The molecule has 5 aromatic rings. The van der Waals surface area contributed by atoms with E-state index in [9.17, 15) is 0 Å². The molecule has 0 amide bonds. The van der Waals surface area contributed by atoms with Crippen molar-refractivity contribution in [3.63, 3.8) is 0 Å². The van der Waals surface area contributed by atoms with Gasteiger partial charge in [-0.05, 0) is 66.8 Å². The number of oxazole rings is 1. The highest BCUT2D eigenvalue weighted by Crippen LogP contribution is 2.36. The fraction of sp³-hybridized carbons (Fsp3) is 0.167. The molecule has 4 heterocycles. The third kappa shape index (κ3) is 2.80. The van der Waals surface area contributed by atoms with Gasteiger partial charge >= 0.3 is 0 Å². The van der Waals surface area contributed by atoms with E-state index in [0.29, 0.717) is 28.9 Å². The number of nitrogens with two attached hydrogens (primary N) is 2. The van der Waals surface area contributed by atoms with E-state index in [-0.39, 0.29) is 6.04 Å². The van der Waals surface area contributed by atoms with E-state index < -0.39 is 0 Å². The molecule has 0 saturated heterocycles. The van der Waals surface area contributed by atoms with Crippen LogP contribution >= 0.6 is 0 Å². The minimum Gasteiger partial charge on any atom is -0.443 e. The number of imidazole rings is 1. The van der Waals surface area contributed by atoms with Gasteiger partial charge in [-0.15, -0.1) is 0 Å². The molecule has 4 aromatic heterocycles. The predicted molar refractivity (Wildman–Crippen MR) is 122 cm³/mol. The second-order valence-corrected chi connectivity index (χ2v) is 8.07. The third-order valence-electron chi connectivity index (χ3n) is 6.05. The summed E-state index contributed by atoms with van der Waals surface area (Å²) in [5.74, 6) is 1.57. The van der Waals surface area contributed by atoms with Crippen molar-refractivity contribution < 1.29 is 4.42 Å². The Hall–Kier alpha value is -4.04. The van der Waals surface area contributed by atoms with Gasteiger partial charge in [0.2, 0.25) is 5.89 Å². The number of nitrogen functional groups attached to an aromatic ring is 1. The molecule has 0 fully saturated rings. The van der Waals surface area contributed by atoms with Crippen molar-refractivity contribution in [2.45, 2.75) is 25.8 Å². The third-order valence-corrected chi connectivity index (χ3v) is 6.05. The largest absolute Gasteiger partial charge is 0.443 e. The Bertz CT molecular complexity index is 1470. The highest BCUT2D eigenvalue weighted by molar-refractivity contribution is 5.86. The molecule has 32 heavy (non-hydrogen) atoms. The average molecular weight is 423 g/mol. The second-order valence-electron chi connectivity index (χ2n) is 8.07. The van der Waals surface area contributed by atoms with Crippen molar-refractivity contribution >= 4 is 17.0 Å². The maximum Gasteiger partial charge on any atom is 0.245 e. The molecule has 0 radical (unpaired) electrons. The van der Waals surface area contributed by atoms with Crippen LogP contribution in [-0.2, 0) is 6.42 Å². The van der Waals surface area contributed by atoms with Crippen molar-refractivity contribution in [1.29, 1.82) is 0 Å². The normalized spacial score (nSPS) is 15.4. The molecule has 1 aliphatic rings. The van der Waals surface area contributed by atoms with Gasteiger partial charge in [-0.25, -0.2) is 19.9 Å². The molecule has 1 atom stereocenters. The van der Waals surface area contributed by atoms with Gasteiger partial charge in [-0.2, -0.15) is 0 Å². The van der Waals surface area contributed by atoms with Crippen LogP contribution in [0.15, 0.2) is 59.5 Å². The van der Waals surface area contributed by atoms with E-state index in [4.69, 9.17) is 25.9 Å². The van der Waals surface area contributed by atoms with Crippen LogP contribution in [0.4, 0.5) is 5.82 Å². The van der Waals surface area contributed by atoms with Crippen LogP contribution in [0.5, 0.6) is 0 Å². The van der Waals surface area contributed by atoms with Gasteiger partial charge in [-0.1, -0.05) is 6.07 Å². The first kappa shape index (κ1) is 18.7. The molecule has 8 nitrogen and oxygen atoms in total. The van der Waals surface area contributed by atoms with Gasteiger partial charge in [-0.3, -0.25) is 4.57 Å². The van der Waals surface area contributed by atoms with Crippen molar-refractivity contribution in [3.05, 3.63) is 71.7 Å². The molecule has 8 heteroatoms. The number of nitrogens with zero attached hydrogens (tertiary/aromatic N) is 5. The molecule has 1 aliphatic carbocycles. The zero-order chi connectivity index (χ0) is 21.8. The first-order chi connectivity index (χ1) is 15.6. The van der Waals surface area contributed by atoms with Crippen molar-refractivity contribution in [2.24, 2.45) is 5.73 Å². The van der Waals surface area contributed by atoms with Crippen LogP contribution in [0.1, 0.15) is 29.2 Å².